The van der Waals surface area contributed by atoms with Gasteiger partial charge < -0.3 is 15.8 Å². The van der Waals surface area contributed by atoms with Crippen molar-refractivity contribution in [1.82, 2.24) is 0 Å². The SMILES string of the molecule is COc1ccc(Br)cc1Nc1ccc(C(F)(F)F)cc1N. The molecule has 7 heteroatoms. The highest BCUT2D eigenvalue weighted by molar-refractivity contribution is 9.10. The van der Waals surface area contributed by atoms with Crippen LogP contribution in [-0.4, -0.2) is 7.11 Å². The van der Waals surface area contributed by atoms with Gasteiger partial charge in [0.25, 0.3) is 0 Å². The van der Waals surface area contributed by atoms with Crippen LogP contribution in [0.5, 0.6) is 5.75 Å². The van der Waals surface area contributed by atoms with E-state index in [0.717, 1.165) is 16.6 Å². The number of halogens is 4. The van der Waals surface area contributed by atoms with Crippen molar-refractivity contribution < 1.29 is 17.9 Å². The Morgan fingerprint density at radius 1 is 1.10 bits per heavy atom. The van der Waals surface area contributed by atoms with Crippen LogP contribution in [0.25, 0.3) is 0 Å². The first-order valence-electron chi connectivity index (χ1n) is 5.88. The van der Waals surface area contributed by atoms with Crippen molar-refractivity contribution >= 4 is 33.0 Å². The van der Waals surface area contributed by atoms with Gasteiger partial charge in [0.05, 0.1) is 29.7 Å². The van der Waals surface area contributed by atoms with Gasteiger partial charge in [-0.25, -0.2) is 0 Å². The van der Waals surface area contributed by atoms with E-state index in [1.54, 1.807) is 18.2 Å². The van der Waals surface area contributed by atoms with Gasteiger partial charge in [0.2, 0.25) is 0 Å². The highest BCUT2D eigenvalue weighted by atomic mass is 79.9. The van der Waals surface area contributed by atoms with E-state index in [1.807, 2.05) is 0 Å². The van der Waals surface area contributed by atoms with Gasteiger partial charge in [0, 0.05) is 4.47 Å². The number of rotatable bonds is 3. The molecule has 0 spiro atoms. The number of hydrogen-bond acceptors (Lipinski definition) is 3. The summed E-state index contributed by atoms with van der Waals surface area (Å²) in [5.41, 5.74) is 5.87. The Hall–Kier alpha value is -1.89. The van der Waals surface area contributed by atoms with Crippen molar-refractivity contribution in [1.29, 1.82) is 0 Å². The highest BCUT2D eigenvalue weighted by Gasteiger charge is 2.30. The molecule has 0 unspecified atom stereocenters. The number of anilines is 3. The maximum absolute atomic E-state index is 12.6. The molecule has 112 valence electrons. The fourth-order valence-corrected chi connectivity index (χ4v) is 2.14. The number of nitrogens with one attached hydrogen (secondary N) is 1. The number of ether oxygens (including phenoxy) is 1. The molecule has 3 N–H and O–H groups in total. The number of nitrogens with two attached hydrogens (primary N) is 1. The van der Waals surface area contributed by atoms with E-state index < -0.39 is 11.7 Å². The number of nitrogen functional groups attached to an aromatic ring is 1. The fraction of sp³-hybridized carbons (Fsp3) is 0.143. The van der Waals surface area contributed by atoms with E-state index in [2.05, 4.69) is 21.2 Å². The molecule has 0 atom stereocenters. The first-order chi connectivity index (χ1) is 9.81. The lowest BCUT2D eigenvalue weighted by Crippen LogP contribution is -2.07. The third kappa shape index (κ3) is 3.60. The highest BCUT2D eigenvalue weighted by Crippen LogP contribution is 2.36. The minimum Gasteiger partial charge on any atom is -0.495 e. The van der Waals surface area contributed by atoms with Gasteiger partial charge in [0.15, 0.2) is 0 Å². The topological polar surface area (TPSA) is 47.3 Å². The van der Waals surface area contributed by atoms with Gasteiger partial charge in [-0.2, -0.15) is 13.2 Å². The fourth-order valence-electron chi connectivity index (χ4n) is 1.78. The molecule has 0 heterocycles. The molecular formula is C14H12BrF3N2O. The second-order valence-corrected chi connectivity index (χ2v) is 5.19. The summed E-state index contributed by atoms with van der Waals surface area (Å²) in [5, 5.41) is 2.96. The molecule has 2 rings (SSSR count). The average Bonchev–Trinajstić information content (AvgIpc) is 2.40. The van der Waals surface area contributed by atoms with Gasteiger partial charge >= 0.3 is 6.18 Å². The predicted molar refractivity (Wildman–Crippen MR) is 79.8 cm³/mol. The van der Waals surface area contributed by atoms with Crippen molar-refractivity contribution in [3.05, 3.63) is 46.4 Å². The van der Waals surface area contributed by atoms with E-state index in [-0.39, 0.29) is 5.69 Å². The second kappa shape index (κ2) is 5.85. The zero-order valence-electron chi connectivity index (χ0n) is 11.0. The molecule has 0 saturated heterocycles. The van der Waals surface area contributed by atoms with Gasteiger partial charge in [0.1, 0.15) is 5.75 Å². The largest absolute Gasteiger partial charge is 0.495 e. The van der Waals surface area contributed by atoms with Crippen molar-refractivity contribution in [3.8, 4) is 5.75 Å². The van der Waals surface area contributed by atoms with Crippen molar-refractivity contribution in [2.75, 3.05) is 18.2 Å². The molecule has 2 aromatic rings. The Kier molecular flexibility index (Phi) is 4.32. The lowest BCUT2D eigenvalue weighted by Gasteiger charge is -2.15. The molecule has 0 fully saturated rings. The van der Waals surface area contributed by atoms with Crippen LogP contribution in [0.4, 0.5) is 30.2 Å². The zero-order chi connectivity index (χ0) is 15.6. The Morgan fingerprint density at radius 3 is 2.38 bits per heavy atom. The molecule has 0 aliphatic carbocycles. The lowest BCUT2D eigenvalue weighted by atomic mass is 10.1. The summed E-state index contributed by atoms with van der Waals surface area (Å²) in [6.45, 7) is 0. The Labute approximate surface area is 128 Å². The summed E-state index contributed by atoms with van der Waals surface area (Å²) in [7, 11) is 1.50. The molecule has 21 heavy (non-hydrogen) atoms. The van der Waals surface area contributed by atoms with Crippen molar-refractivity contribution in [2.24, 2.45) is 0 Å². The molecule has 0 amide bonds. The first kappa shape index (κ1) is 15.5. The first-order valence-corrected chi connectivity index (χ1v) is 6.68. The van der Waals surface area contributed by atoms with Crippen LogP contribution in [0.3, 0.4) is 0 Å². The van der Waals surface area contributed by atoms with Gasteiger partial charge in [-0.05, 0) is 36.4 Å². The van der Waals surface area contributed by atoms with Crippen LogP contribution in [0.1, 0.15) is 5.56 Å². The summed E-state index contributed by atoms with van der Waals surface area (Å²) in [5.74, 6) is 0.553. The van der Waals surface area contributed by atoms with E-state index in [1.165, 1.54) is 13.2 Å². The number of benzene rings is 2. The molecule has 3 nitrogen and oxygen atoms in total. The molecular weight excluding hydrogens is 349 g/mol. The molecule has 0 bridgehead atoms. The molecule has 0 aliphatic rings. The van der Waals surface area contributed by atoms with Gasteiger partial charge in [-0.3, -0.25) is 0 Å². The monoisotopic (exact) mass is 360 g/mol. The standard InChI is InChI=1S/C14H12BrF3N2O/c1-21-13-5-3-9(15)7-12(13)20-11-4-2-8(6-10(11)19)14(16,17)18/h2-7,20H,19H2,1H3. The third-order valence-electron chi connectivity index (χ3n) is 2.81. The van der Waals surface area contributed by atoms with E-state index >= 15 is 0 Å². The molecule has 0 radical (unpaired) electrons. The quantitative estimate of drug-likeness (QED) is 0.772. The van der Waals surface area contributed by atoms with Crippen LogP contribution >= 0.6 is 15.9 Å². The number of alkyl halides is 3. The molecule has 2 aromatic carbocycles. The van der Waals surface area contributed by atoms with E-state index in [4.69, 9.17) is 10.5 Å². The third-order valence-corrected chi connectivity index (χ3v) is 3.30. The van der Waals surface area contributed by atoms with Crippen LogP contribution in [0.15, 0.2) is 40.9 Å². The predicted octanol–water partition coefficient (Wildman–Crippen LogP) is 4.80. The minimum atomic E-state index is -4.42. The van der Waals surface area contributed by atoms with Crippen LogP contribution in [0, 0.1) is 0 Å². The summed E-state index contributed by atoms with van der Waals surface area (Å²) >= 11 is 3.32. The maximum Gasteiger partial charge on any atom is 0.416 e. The van der Waals surface area contributed by atoms with E-state index in [0.29, 0.717) is 17.1 Å². The maximum atomic E-state index is 12.6. The second-order valence-electron chi connectivity index (χ2n) is 4.27. The Bertz CT molecular complexity index is 659. The molecule has 0 aliphatic heterocycles. The average molecular weight is 361 g/mol. The minimum absolute atomic E-state index is 0.00635. The summed E-state index contributed by atoms with van der Waals surface area (Å²) in [6.07, 6.45) is -4.42. The summed E-state index contributed by atoms with van der Waals surface area (Å²) < 4.78 is 43.8. The molecule has 0 aromatic heterocycles. The number of methoxy groups -OCH3 is 1. The van der Waals surface area contributed by atoms with Gasteiger partial charge in [-0.15, -0.1) is 0 Å². The number of hydrogen-bond donors (Lipinski definition) is 2. The summed E-state index contributed by atoms with van der Waals surface area (Å²) in [4.78, 5) is 0. The molecule has 0 saturated carbocycles. The lowest BCUT2D eigenvalue weighted by molar-refractivity contribution is -0.137. The zero-order valence-corrected chi connectivity index (χ0v) is 12.5. The van der Waals surface area contributed by atoms with E-state index in [9.17, 15) is 13.2 Å². The van der Waals surface area contributed by atoms with Crippen LogP contribution < -0.4 is 15.8 Å². The smallest absolute Gasteiger partial charge is 0.416 e. The Morgan fingerprint density at radius 2 is 1.81 bits per heavy atom. The van der Waals surface area contributed by atoms with Crippen LogP contribution in [0.2, 0.25) is 0 Å². The normalized spacial score (nSPS) is 11.3. The van der Waals surface area contributed by atoms with Crippen molar-refractivity contribution in [3.63, 3.8) is 0 Å². The summed E-state index contributed by atoms with van der Waals surface area (Å²) in [6, 6.07) is 8.43. The van der Waals surface area contributed by atoms with Gasteiger partial charge in [-0.1, -0.05) is 15.9 Å². The van der Waals surface area contributed by atoms with Crippen LogP contribution in [-0.2, 0) is 6.18 Å². The Balaban J connectivity index is 2.34. The van der Waals surface area contributed by atoms with Crippen molar-refractivity contribution in [2.45, 2.75) is 6.18 Å².